The van der Waals surface area contributed by atoms with Gasteiger partial charge < -0.3 is 22.8 Å². The van der Waals surface area contributed by atoms with Crippen LogP contribution < -0.4 is 0 Å². The third-order valence-electron chi connectivity index (χ3n) is 14.1. The largest absolute Gasteiger partial charge is 0.318 e. The molecule has 0 saturated carbocycles. The summed E-state index contributed by atoms with van der Waals surface area (Å²) in [6.45, 7) is 9.91. The third-order valence-corrected chi connectivity index (χ3v) is 14.1. The Labute approximate surface area is 462 Å². The summed E-state index contributed by atoms with van der Waals surface area (Å²) in [6, 6.07) is 7.35. The van der Waals surface area contributed by atoms with E-state index < -0.39 is 244 Å². The fourth-order valence-corrected chi connectivity index (χ4v) is 11.3. The van der Waals surface area contributed by atoms with Gasteiger partial charge >= 0.3 is 0 Å². The molecule has 5 aromatic heterocycles. The van der Waals surface area contributed by atoms with Crippen molar-refractivity contribution in [1.29, 1.82) is 5.26 Å². The normalized spacial score (nSPS) is 16.5. The van der Waals surface area contributed by atoms with Crippen LogP contribution in [0.3, 0.4) is 0 Å². The summed E-state index contributed by atoms with van der Waals surface area (Å²) in [4.78, 5) is 4.25. The van der Waals surface area contributed by atoms with Crippen molar-refractivity contribution in [3.8, 4) is 34.5 Å². The second-order valence-corrected chi connectivity index (χ2v) is 17.6. The molecule has 0 amide bonds. The van der Waals surface area contributed by atoms with Crippen LogP contribution >= 0.6 is 0 Å². The van der Waals surface area contributed by atoms with Gasteiger partial charge in [-0.05, 0) is 66.6 Å². The minimum Gasteiger partial charge on any atom is -0.318 e. The Hall–Kier alpha value is -10.6. The minimum absolute atomic E-state index is 0.167. The highest BCUT2D eigenvalue weighted by Crippen LogP contribution is 2.53. The van der Waals surface area contributed by atoms with Crippen molar-refractivity contribution >= 4 is 115 Å². The van der Waals surface area contributed by atoms with Crippen LogP contribution in [0, 0.1) is 17.9 Å². The smallest absolute Gasteiger partial charge is 0.237 e. The number of hydrogen-bond acceptors (Lipinski definition) is 1. The van der Waals surface area contributed by atoms with Gasteiger partial charge in [0.25, 0.3) is 0 Å². The lowest BCUT2D eigenvalue weighted by molar-refractivity contribution is 1.03. The number of fused-ring (bicyclic) bond motifs is 16. The first-order valence-electron chi connectivity index (χ1n) is 35.3. The molecule has 5 heterocycles. The fraction of sp³-hybridized carbons (Fsp3) is 0. The van der Waals surface area contributed by atoms with Gasteiger partial charge in [-0.1, -0.05) is 169 Å². The molecule has 0 aliphatic rings. The molecule has 7 nitrogen and oxygen atoms in total. The zero-order chi connectivity index (χ0) is 70.4. The lowest BCUT2D eigenvalue weighted by Crippen LogP contribution is -2.14. The molecule has 11 aromatic carbocycles. The van der Waals surface area contributed by atoms with E-state index in [0.717, 1.165) is 13.7 Å². The number of aromatic nitrogens is 5. The molecule has 0 radical (unpaired) electrons. The van der Waals surface area contributed by atoms with Crippen LogP contribution in [-0.4, -0.2) is 22.8 Å². The molecular formula is C68H39N7. The van der Waals surface area contributed by atoms with Crippen molar-refractivity contribution in [3.63, 3.8) is 0 Å². The Balaban J connectivity index is 1.36. The van der Waals surface area contributed by atoms with E-state index in [1.165, 1.54) is 0 Å². The summed E-state index contributed by atoms with van der Waals surface area (Å²) < 4.78 is 235. The standard InChI is InChI=1S/C68H39N7/c1-70-63-65(72-53-31-13-5-23-43(53)44-24-6-14-32-54(44)72)52(41-69)66(73-55-33-15-7-25-45(55)46-26-8-16-34-56(46)73)68(67(63)74-57-35-17-9-27-47(57)48-28-10-18-36-58(48)74)75-59-37-19-11-29-49(59)50-39-40-61-62(64(50)75)51-30-12-20-38-60(51)71(61)42-21-3-2-4-22-42/h2-40H/i5D,6D,7D,8D,9D,10D,13D,14D,15D,16D,17D,18D,23D,24D,25D,26D,27D,28D,31D,32D,33D,34D,35D,36D. The number of nitriles is 1. The summed E-state index contributed by atoms with van der Waals surface area (Å²) >= 11 is 0. The number of nitrogens with zero attached hydrogens (tertiary/aromatic N) is 7. The van der Waals surface area contributed by atoms with Gasteiger partial charge in [0.05, 0.1) is 123 Å². The van der Waals surface area contributed by atoms with E-state index in [2.05, 4.69) is 10.9 Å². The summed E-state index contributed by atoms with van der Waals surface area (Å²) in [5.41, 5.74) is -6.51. The minimum atomic E-state index is -0.959. The van der Waals surface area contributed by atoms with Gasteiger partial charge in [0.1, 0.15) is 6.07 Å². The Morgan fingerprint density at radius 3 is 1.24 bits per heavy atom. The number of para-hydroxylation sites is 9. The van der Waals surface area contributed by atoms with Crippen molar-refractivity contribution in [3.05, 3.63) is 253 Å². The summed E-state index contributed by atoms with van der Waals surface area (Å²) in [7, 11) is 0. The molecule has 0 saturated heterocycles. The lowest BCUT2D eigenvalue weighted by atomic mass is 10.0. The first-order chi connectivity index (χ1) is 47.2. The van der Waals surface area contributed by atoms with Gasteiger partial charge in [-0.3, -0.25) is 0 Å². The van der Waals surface area contributed by atoms with Crippen LogP contribution in [-0.2, 0) is 0 Å². The molecule has 16 rings (SSSR count). The summed E-state index contributed by atoms with van der Waals surface area (Å²) in [5.74, 6) is 0. The van der Waals surface area contributed by atoms with Gasteiger partial charge in [-0.2, -0.15) is 5.26 Å². The second-order valence-electron chi connectivity index (χ2n) is 17.6. The lowest BCUT2D eigenvalue weighted by Gasteiger charge is -2.27. The summed E-state index contributed by atoms with van der Waals surface area (Å²) in [6.07, 6.45) is 0. The zero-order valence-electron chi connectivity index (χ0n) is 62.3. The Bertz CT molecular complexity index is 6250. The van der Waals surface area contributed by atoms with E-state index in [-0.39, 0.29) is 11.0 Å². The number of hydrogen-bond donors (Lipinski definition) is 0. The molecule has 0 aliphatic carbocycles. The average Bonchev–Trinajstić information content (AvgIpc) is 1.51. The highest BCUT2D eigenvalue weighted by molar-refractivity contribution is 6.27. The van der Waals surface area contributed by atoms with Crippen LogP contribution in [0.2, 0.25) is 0 Å². The molecule has 0 atom stereocenters. The Kier molecular flexibility index (Phi) is 4.99. The quantitative estimate of drug-likeness (QED) is 0.159. The van der Waals surface area contributed by atoms with Gasteiger partial charge in [-0.15, -0.1) is 0 Å². The molecule has 0 unspecified atom stereocenters. The SMILES string of the molecule is [2H]c1c([2H])c([2H])c2c(c1[2H])c1c([2H])c([2H])c([2H])c([2H])c1n2-c1c(C#N)c(-n2c3c([2H])c([2H])c([2H])c([2H])c3c3c([2H])c([2H])c([2H])c([2H])c32)c(-n2c3ccccc3c3ccc4c(c5ccccc5n4-c4ccccc4)c32)c(-n2c3c([2H])c([2H])c([2H])c([2H])c3c3c([2H])c([2H])c([2H])c([2H])c32)c1[N+]#[C-]. The van der Waals surface area contributed by atoms with E-state index >= 15 is 0 Å². The molecule has 346 valence electrons. The molecule has 0 bridgehead atoms. The van der Waals surface area contributed by atoms with Gasteiger partial charge in [0.2, 0.25) is 5.69 Å². The molecule has 0 aliphatic heterocycles. The first-order valence-corrected chi connectivity index (χ1v) is 23.3. The molecule has 0 fully saturated rings. The van der Waals surface area contributed by atoms with E-state index in [4.69, 9.17) is 8.22 Å². The van der Waals surface area contributed by atoms with Crippen molar-refractivity contribution < 1.29 is 32.9 Å². The molecule has 0 N–H and O–H groups in total. The highest BCUT2D eigenvalue weighted by Gasteiger charge is 2.35. The van der Waals surface area contributed by atoms with Crippen LogP contribution in [0.15, 0.2) is 236 Å². The van der Waals surface area contributed by atoms with Crippen LogP contribution in [0.5, 0.6) is 0 Å². The molecular weight excluding hydrogens is 915 g/mol. The first kappa shape index (κ1) is 24.2. The van der Waals surface area contributed by atoms with Crippen LogP contribution in [0.25, 0.3) is 142 Å². The molecule has 7 heteroatoms. The highest BCUT2D eigenvalue weighted by atomic mass is 15.1. The fourth-order valence-electron chi connectivity index (χ4n) is 11.3. The van der Waals surface area contributed by atoms with Crippen molar-refractivity contribution in [2.24, 2.45) is 0 Å². The molecule has 0 spiro atoms. The second kappa shape index (κ2) is 15.5. The van der Waals surface area contributed by atoms with Crippen molar-refractivity contribution in [1.82, 2.24) is 22.8 Å². The number of rotatable bonds is 5. The van der Waals surface area contributed by atoms with Crippen molar-refractivity contribution in [2.75, 3.05) is 0 Å². The predicted octanol–water partition coefficient (Wildman–Crippen LogP) is 17.6. The van der Waals surface area contributed by atoms with E-state index in [0.29, 0.717) is 38.3 Å². The molecule has 16 aromatic rings. The monoisotopic (exact) mass is 977 g/mol. The van der Waals surface area contributed by atoms with E-state index in [1.54, 1.807) is 41.0 Å². The third kappa shape index (κ3) is 5.40. The zero-order valence-corrected chi connectivity index (χ0v) is 38.3. The summed E-state index contributed by atoms with van der Waals surface area (Å²) in [5, 5.41) is 11.4. The predicted molar refractivity (Wildman–Crippen MR) is 309 cm³/mol. The maximum atomic E-state index is 12.9. The maximum absolute atomic E-state index is 12.9. The average molecular weight is 978 g/mol. The molecule has 75 heavy (non-hydrogen) atoms. The van der Waals surface area contributed by atoms with Crippen LogP contribution in [0.4, 0.5) is 5.69 Å². The topological polar surface area (TPSA) is 52.8 Å². The van der Waals surface area contributed by atoms with Gasteiger partial charge in [0, 0.05) is 59.5 Å². The van der Waals surface area contributed by atoms with E-state index in [9.17, 15) is 36.5 Å². The van der Waals surface area contributed by atoms with Gasteiger partial charge in [-0.25, -0.2) is 4.85 Å². The number of benzene rings is 11. The Morgan fingerprint density at radius 2 is 0.760 bits per heavy atom. The van der Waals surface area contributed by atoms with Crippen LogP contribution in [0.1, 0.15) is 38.5 Å². The van der Waals surface area contributed by atoms with E-state index in [1.807, 2.05) is 59.2 Å². The Morgan fingerprint density at radius 1 is 0.347 bits per heavy atom. The van der Waals surface area contributed by atoms with Crippen molar-refractivity contribution in [2.45, 2.75) is 0 Å². The van der Waals surface area contributed by atoms with Gasteiger partial charge in [0.15, 0.2) is 0 Å². The maximum Gasteiger partial charge on any atom is 0.237 e.